The summed E-state index contributed by atoms with van der Waals surface area (Å²) in [5, 5.41) is 25.9. The van der Waals surface area contributed by atoms with Gasteiger partial charge in [0.1, 0.15) is 5.75 Å². The molecule has 1 atom stereocenters. The number of amides is 1. The van der Waals surface area contributed by atoms with E-state index in [1.807, 2.05) is 18.2 Å². The van der Waals surface area contributed by atoms with Crippen molar-refractivity contribution in [3.63, 3.8) is 0 Å². The summed E-state index contributed by atoms with van der Waals surface area (Å²) in [5.74, 6) is -1.32. The first-order valence-electron chi connectivity index (χ1n) is 13.3. The Morgan fingerprint density at radius 1 is 1.18 bits per heavy atom. The van der Waals surface area contributed by atoms with Crippen molar-refractivity contribution in [2.75, 3.05) is 19.6 Å². The summed E-state index contributed by atoms with van der Waals surface area (Å²) < 4.78 is 0. The fraction of sp³-hybridized carbons (Fsp3) is 0.467. The van der Waals surface area contributed by atoms with Crippen molar-refractivity contribution in [2.45, 2.75) is 65.2 Å². The number of benzene rings is 2. The van der Waals surface area contributed by atoms with Crippen LogP contribution in [0.4, 0.5) is 0 Å². The molecule has 9 heteroatoms. The summed E-state index contributed by atoms with van der Waals surface area (Å²) in [7, 11) is 0. The number of carbonyl (C=O) groups is 3. The minimum absolute atomic E-state index is 0.0539. The molecule has 4 N–H and O–H groups in total. The number of aryl methyl sites for hydroxylation is 2. The Morgan fingerprint density at radius 3 is 2.64 bits per heavy atom. The molecule has 0 saturated heterocycles. The third-order valence-corrected chi connectivity index (χ3v) is 7.14. The third-order valence-electron chi connectivity index (χ3n) is 6.85. The standard InChI is InChI=1S/C30H38ClN3O5/c1-19-12-24(28(38)25(31)13-19)21(15-27(36)37)10-11-23(35)16-32-29(39)22-8-4-6-20(14-22)7-5-9-26-33-17-30(2,3)18-34-26/h4,6,8,12-14,21,38H,5,7,9-11,15-18H2,1-3H3,(H,32,39)(H,33,34)(H,36,37). The number of carbonyl (C=O) groups excluding carboxylic acids is 2. The van der Waals surface area contributed by atoms with Crippen molar-refractivity contribution in [1.29, 1.82) is 0 Å². The number of aliphatic carboxylic acids is 1. The quantitative estimate of drug-likeness (QED) is 0.274. The molecule has 2 aromatic carbocycles. The first-order chi connectivity index (χ1) is 18.4. The average Bonchev–Trinajstić information content (AvgIpc) is 2.88. The van der Waals surface area contributed by atoms with E-state index in [-0.39, 0.29) is 53.7 Å². The molecule has 39 heavy (non-hydrogen) atoms. The van der Waals surface area contributed by atoms with Gasteiger partial charge in [-0.15, -0.1) is 0 Å². The lowest BCUT2D eigenvalue weighted by Gasteiger charge is -2.29. The fourth-order valence-electron chi connectivity index (χ4n) is 4.61. The highest BCUT2D eigenvalue weighted by molar-refractivity contribution is 6.32. The van der Waals surface area contributed by atoms with Crippen LogP contribution in [0.25, 0.3) is 0 Å². The number of phenols is 1. The van der Waals surface area contributed by atoms with Crippen LogP contribution < -0.4 is 10.6 Å². The Bertz CT molecular complexity index is 1240. The summed E-state index contributed by atoms with van der Waals surface area (Å²) in [6.45, 7) is 7.76. The number of rotatable bonds is 13. The van der Waals surface area contributed by atoms with Crippen molar-refractivity contribution in [3.05, 3.63) is 63.7 Å². The van der Waals surface area contributed by atoms with Gasteiger partial charge in [0, 0.05) is 36.9 Å². The van der Waals surface area contributed by atoms with Crippen LogP contribution in [-0.2, 0) is 16.0 Å². The third kappa shape index (κ3) is 9.39. The molecule has 0 fully saturated rings. The Morgan fingerprint density at radius 2 is 1.95 bits per heavy atom. The van der Waals surface area contributed by atoms with Gasteiger partial charge in [0.15, 0.2) is 5.78 Å². The number of ketones is 1. The molecule has 2 aromatic rings. The Kier molecular flexibility index (Phi) is 10.5. The number of nitrogens with one attached hydrogen (secondary N) is 2. The van der Waals surface area contributed by atoms with Crippen molar-refractivity contribution in [1.82, 2.24) is 10.6 Å². The summed E-state index contributed by atoms with van der Waals surface area (Å²) in [6, 6.07) is 10.7. The second-order valence-electron chi connectivity index (χ2n) is 11.1. The molecule has 0 aliphatic carbocycles. The lowest BCUT2D eigenvalue weighted by atomic mass is 9.88. The molecule has 0 saturated carbocycles. The predicted octanol–water partition coefficient (Wildman–Crippen LogP) is 5.04. The molecule has 0 aromatic heterocycles. The number of amidine groups is 1. The van der Waals surface area contributed by atoms with Crippen LogP contribution in [0.5, 0.6) is 5.75 Å². The van der Waals surface area contributed by atoms with Gasteiger partial charge in [0.2, 0.25) is 0 Å². The van der Waals surface area contributed by atoms with Gasteiger partial charge in [-0.25, -0.2) is 0 Å². The number of aliphatic imine (C=N–C) groups is 1. The normalized spacial score (nSPS) is 15.1. The number of phenolic OH excluding ortho intramolecular Hbond substituents is 1. The molecule has 1 amide bonds. The molecule has 0 radical (unpaired) electrons. The molecule has 0 spiro atoms. The van der Waals surface area contributed by atoms with Crippen LogP contribution in [0.15, 0.2) is 41.4 Å². The van der Waals surface area contributed by atoms with Crippen LogP contribution in [0.3, 0.4) is 0 Å². The number of carboxylic acid groups (broad SMARTS) is 1. The largest absolute Gasteiger partial charge is 0.506 e. The number of nitrogens with zero attached hydrogens (tertiary/aromatic N) is 1. The van der Waals surface area contributed by atoms with Gasteiger partial charge in [-0.1, -0.05) is 43.6 Å². The highest BCUT2D eigenvalue weighted by Crippen LogP contribution is 2.37. The van der Waals surface area contributed by atoms with Crippen LogP contribution in [0.1, 0.15) is 78.9 Å². The van der Waals surface area contributed by atoms with Gasteiger partial charge in [0.25, 0.3) is 5.91 Å². The van der Waals surface area contributed by atoms with E-state index in [1.165, 1.54) is 0 Å². The van der Waals surface area contributed by atoms with Crippen LogP contribution >= 0.6 is 11.6 Å². The molecule has 0 bridgehead atoms. The fourth-order valence-corrected chi connectivity index (χ4v) is 4.89. The Hall–Kier alpha value is -3.39. The zero-order chi connectivity index (χ0) is 28.6. The first kappa shape index (κ1) is 30.2. The highest BCUT2D eigenvalue weighted by Gasteiger charge is 2.23. The van der Waals surface area contributed by atoms with Crippen LogP contribution in [-0.4, -0.2) is 53.3 Å². The van der Waals surface area contributed by atoms with Gasteiger partial charge < -0.3 is 20.8 Å². The van der Waals surface area contributed by atoms with Crippen LogP contribution in [0.2, 0.25) is 5.02 Å². The topological polar surface area (TPSA) is 128 Å². The van der Waals surface area contributed by atoms with Gasteiger partial charge in [0.05, 0.1) is 23.8 Å². The van der Waals surface area contributed by atoms with Crippen LogP contribution in [0, 0.1) is 12.3 Å². The summed E-state index contributed by atoms with van der Waals surface area (Å²) in [5.41, 5.74) is 2.90. The van der Waals surface area contributed by atoms with E-state index in [2.05, 4.69) is 29.5 Å². The Labute approximate surface area is 234 Å². The van der Waals surface area contributed by atoms with Gasteiger partial charge in [-0.3, -0.25) is 19.4 Å². The number of hydrogen-bond acceptors (Lipinski definition) is 6. The van der Waals surface area contributed by atoms with E-state index in [4.69, 9.17) is 11.6 Å². The maximum absolute atomic E-state index is 12.7. The number of halogens is 1. The predicted molar refractivity (Wildman–Crippen MR) is 153 cm³/mol. The van der Waals surface area contributed by atoms with Gasteiger partial charge in [-0.2, -0.15) is 0 Å². The molecular weight excluding hydrogens is 518 g/mol. The van der Waals surface area contributed by atoms with Crippen molar-refractivity contribution < 1.29 is 24.6 Å². The maximum atomic E-state index is 12.7. The molecule has 8 nitrogen and oxygen atoms in total. The second-order valence-corrected chi connectivity index (χ2v) is 11.5. The second kappa shape index (κ2) is 13.6. The number of aromatic hydroxyl groups is 1. The lowest BCUT2D eigenvalue weighted by molar-refractivity contribution is -0.137. The van der Waals surface area contributed by atoms with Gasteiger partial charge >= 0.3 is 5.97 Å². The van der Waals surface area contributed by atoms with E-state index in [1.54, 1.807) is 25.1 Å². The van der Waals surface area contributed by atoms with E-state index in [0.29, 0.717) is 11.1 Å². The van der Waals surface area contributed by atoms with E-state index < -0.39 is 11.9 Å². The number of hydrogen-bond donors (Lipinski definition) is 4. The molecule has 1 unspecified atom stereocenters. The van der Waals surface area contributed by atoms with Crippen molar-refractivity contribution in [3.8, 4) is 5.75 Å². The lowest BCUT2D eigenvalue weighted by Crippen LogP contribution is -2.40. The average molecular weight is 556 g/mol. The minimum atomic E-state index is -1.04. The van der Waals surface area contributed by atoms with Gasteiger partial charge in [-0.05, 0) is 67.0 Å². The maximum Gasteiger partial charge on any atom is 0.303 e. The molecule has 210 valence electrons. The first-order valence-corrected chi connectivity index (χ1v) is 13.7. The monoisotopic (exact) mass is 555 g/mol. The van der Waals surface area contributed by atoms with E-state index >= 15 is 0 Å². The highest BCUT2D eigenvalue weighted by atomic mass is 35.5. The summed E-state index contributed by atoms with van der Waals surface area (Å²) in [6.07, 6.45) is 2.59. The molecule has 1 aliphatic heterocycles. The summed E-state index contributed by atoms with van der Waals surface area (Å²) in [4.78, 5) is 41.3. The molecule has 3 rings (SSSR count). The zero-order valence-electron chi connectivity index (χ0n) is 22.8. The SMILES string of the molecule is Cc1cc(Cl)c(O)c(C(CCC(=O)CNC(=O)c2cccc(CCCC3=NCC(C)(C)CN3)c2)CC(=O)O)c1. The molecule has 1 aliphatic rings. The van der Waals surface area contributed by atoms with E-state index in [0.717, 1.165) is 49.3 Å². The Balaban J connectivity index is 1.49. The summed E-state index contributed by atoms with van der Waals surface area (Å²) >= 11 is 6.07. The van der Waals surface area contributed by atoms with Crippen molar-refractivity contribution >= 4 is 35.1 Å². The molecular formula is C30H38ClN3O5. The van der Waals surface area contributed by atoms with E-state index in [9.17, 15) is 24.6 Å². The smallest absolute Gasteiger partial charge is 0.303 e. The number of Topliss-reactive ketones (excluding diaryl/α,β-unsaturated/α-hetero) is 1. The minimum Gasteiger partial charge on any atom is -0.506 e. The zero-order valence-corrected chi connectivity index (χ0v) is 23.6. The number of carboxylic acids is 1. The molecule has 1 heterocycles. The van der Waals surface area contributed by atoms with Crippen molar-refractivity contribution in [2.24, 2.45) is 10.4 Å².